The second kappa shape index (κ2) is 7.51. The number of non-ortho nitro benzene ring substituents is 1. The van der Waals surface area contributed by atoms with E-state index in [4.69, 9.17) is 4.74 Å². The van der Waals surface area contributed by atoms with E-state index in [2.05, 4.69) is 0 Å². The van der Waals surface area contributed by atoms with Gasteiger partial charge < -0.3 is 4.74 Å². The van der Waals surface area contributed by atoms with Gasteiger partial charge in [0.25, 0.3) is 5.69 Å². The molecule has 5 nitrogen and oxygen atoms in total. The van der Waals surface area contributed by atoms with Gasteiger partial charge in [0.15, 0.2) is 0 Å². The van der Waals surface area contributed by atoms with Gasteiger partial charge in [0.1, 0.15) is 0 Å². The summed E-state index contributed by atoms with van der Waals surface area (Å²) >= 11 is 0. The van der Waals surface area contributed by atoms with Crippen LogP contribution in [0.1, 0.15) is 44.6 Å². The number of hydrogen-bond acceptors (Lipinski definition) is 4. The van der Waals surface area contributed by atoms with Gasteiger partial charge in [-0.05, 0) is 17.9 Å². The summed E-state index contributed by atoms with van der Waals surface area (Å²) in [5, 5.41) is 10.5. The fourth-order valence-electron chi connectivity index (χ4n) is 1.68. The largest absolute Gasteiger partial charge is 0.466 e. The average Bonchev–Trinajstić information content (AvgIpc) is 2.39. The molecule has 5 heteroatoms. The van der Waals surface area contributed by atoms with E-state index in [0.717, 1.165) is 18.4 Å². The van der Waals surface area contributed by atoms with Crippen LogP contribution in [0.5, 0.6) is 0 Å². The van der Waals surface area contributed by atoms with Crippen LogP contribution in [0.4, 0.5) is 5.69 Å². The van der Waals surface area contributed by atoms with Gasteiger partial charge in [-0.25, -0.2) is 0 Å². The Labute approximate surface area is 112 Å². The molecule has 0 aromatic heterocycles. The molecule has 0 spiro atoms. The fourth-order valence-corrected chi connectivity index (χ4v) is 1.68. The van der Waals surface area contributed by atoms with Crippen LogP contribution in [-0.4, -0.2) is 17.5 Å². The fraction of sp³-hybridized carbons (Fsp3) is 0.500. The summed E-state index contributed by atoms with van der Waals surface area (Å²) < 4.78 is 5.09. The second-order valence-corrected chi connectivity index (χ2v) is 4.53. The zero-order valence-electron chi connectivity index (χ0n) is 11.3. The Hall–Kier alpha value is -1.91. The molecule has 0 heterocycles. The van der Waals surface area contributed by atoms with Crippen molar-refractivity contribution in [2.75, 3.05) is 6.61 Å². The second-order valence-electron chi connectivity index (χ2n) is 4.53. The maximum absolute atomic E-state index is 11.5. The van der Waals surface area contributed by atoms with Crippen LogP contribution < -0.4 is 0 Å². The summed E-state index contributed by atoms with van der Waals surface area (Å²) in [5.74, 6) is -0.228. The molecule has 0 aliphatic rings. The number of nitro benzene ring substituents is 1. The van der Waals surface area contributed by atoms with Gasteiger partial charge in [-0.2, -0.15) is 0 Å². The van der Waals surface area contributed by atoms with Crippen molar-refractivity contribution in [2.24, 2.45) is 0 Å². The number of hydrogen-bond donors (Lipinski definition) is 0. The number of unbranched alkanes of at least 4 members (excludes halogenated alkanes) is 1. The number of carbonyl (C=O) groups excluding carboxylic acids is 1. The summed E-state index contributed by atoms with van der Waals surface area (Å²) in [6.07, 6.45) is 2.16. The van der Waals surface area contributed by atoms with Crippen molar-refractivity contribution in [1.29, 1.82) is 0 Å². The first-order valence-electron chi connectivity index (χ1n) is 6.44. The van der Waals surface area contributed by atoms with E-state index in [0.29, 0.717) is 13.0 Å². The quantitative estimate of drug-likeness (QED) is 0.328. The first-order chi connectivity index (χ1) is 9.04. The highest BCUT2D eigenvalue weighted by atomic mass is 16.6. The maximum atomic E-state index is 11.5. The number of nitrogens with zero attached hydrogens (tertiary/aromatic N) is 1. The summed E-state index contributed by atoms with van der Waals surface area (Å²) in [6, 6.07) is 6.27. The monoisotopic (exact) mass is 265 g/mol. The molecule has 1 aromatic rings. The van der Waals surface area contributed by atoms with Crippen molar-refractivity contribution < 1.29 is 14.5 Å². The lowest BCUT2D eigenvalue weighted by Crippen LogP contribution is -2.09. The summed E-state index contributed by atoms with van der Waals surface area (Å²) in [4.78, 5) is 21.6. The molecule has 0 bridgehead atoms. The van der Waals surface area contributed by atoms with Crippen LogP contribution in [-0.2, 0) is 9.53 Å². The Morgan fingerprint density at radius 3 is 2.53 bits per heavy atom. The highest BCUT2D eigenvalue weighted by Crippen LogP contribution is 2.22. The van der Waals surface area contributed by atoms with Crippen LogP contribution in [0.15, 0.2) is 24.3 Å². The lowest BCUT2D eigenvalue weighted by molar-refractivity contribution is -0.384. The minimum absolute atomic E-state index is 0.00469. The molecule has 0 saturated carbocycles. The number of nitro groups is 1. The number of rotatable bonds is 7. The molecule has 19 heavy (non-hydrogen) atoms. The Bertz CT molecular complexity index is 428. The average molecular weight is 265 g/mol. The van der Waals surface area contributed by atoms with Crippen molar-refractivity contribution in [3.8, 4) is 0 Å². The predicted octanol–water partition coefficient (Wildman–Crippen LogP) is 3.43. The minimum Gasteiger partial charge on any atom is -0.466 e. The number of carbonyl (C=O) groups is 1. The Kier molecular flexibility index (Phi) is 5.99. The third-order valence-corrected chi connectivity index (χ3v) is 2.91. The van der Waals surface area contributed by atoms with E-state index in [9.17, 15) is 14.9 Å². The van der Waals surface area contributed by atoms with Gasteiger partial charge in [0.05, 0.1) is 18.0 Å². The molecular formula is C14H19NO4. The van der Waals surface area contributed by atoms with Crippen LogP contribution in [0.3, 0.4) is 0 Å². The standard InChI is InChI=1S/C14H19NO4/c1-3-4-9-19-14(16)10-11(2)12-5-7-13(8-6-12)15(17)18/h5-8,11H,3-4,9-10H2,1-2H3. The normalized spacial score (nSPS) is 11.9. The molecule has 0 radical (unpaired) electrons. The summed E-state index contributed by atoms with van der Waals surface area (Å²) in [7, 11) is 0. The highest BCUT2D eigenvalue weighted by molar-refractivity contribution is 5.70. The number of benzene rings is 1. The summed E-state index contributed by atoms with van der Waals surface area (Å²) in [6.45, 7) is 4.40. The van der Waals surface area contributed by atoms with Gasteiger partial charge in [0, 0.05) is 12.1 Å². The predicted molar refractivity (Wildman–Crippen MR) is 72.0 cm³/mol. The SMILES string of the molecule is CCCCOC(=O)CC(C)c1ccc([N+](=O)[O-])cc1. The lowest BCUT2D eigenvalue weighted by Gasteiger charge is -2.11. The zero-order chi connectivity index (χ0) is 14.3. The van der Waals surface area contributed by atoms with E-state index in [1.54, 1.807) is 12.1 Å². The molecule has 0 N–H and O–H groups in total. The van der Waals surface area contributed by atoms with Crippen molar-refractivity contribution in [2.45, 2.75) is 39.0 Å². The first-order valence-corrected chi connectivity index (χ1v) is 6.44. The van der Waals surface area contributed by atoms with Crippen molar-refractivity contribution in [3.63, 3.8) is 0 Å². The van der Waals surface area contributed by atoms with Crippen LogP contribution in [0.2, 0.25) is 0 Å². The van der Waals surface area contributed by atoms with Crippen molar-refractivity contribution >= 4 is 11.7 Å². The number of esters is 1. The van der Waals surface area contributed by atoms with Crippen LogP contribution >= 0.6 is 0 Å². The molecule has 1 aromatic carbocycles. The lowest BCUT2D eigenvalue weighted by atomic mass is 9.98. The Balaban J connectivity index is 2.50. The first kappa shape index (κ1) is 15.1. The van der Waals surface area contributed by atoms with E-state index < -0.39 is 4.92 Å². The van der Waals surface area contributed by atoms with Crippen molar-refractivity contribution in [1.82, 2.24) is 0 Å². The highest BCUT2D eigenvalue weighted by Gasteiger charge is 2.13. The molecule has 0 amide bonds. The molecule has 1 rings (SSSR count). The molecule has 1 unspecified atom stereocenters. The van der Waals surface area contributed by atoms with E-state index in [1.807, 2.05) is 13.8 Å². The van der Waals surface area contributed by atoms with Gasteiger partial charge >= 0.3 is 5.97 Å². The molecule has 0 aliphatic carbocycles. The smallest absolute Gasteiger partial charge is 0.306 e. The molecule has 104 valence electrons. The van der Waals surface area contributed by atoms with Crippen LogP contribution in [0, 0.1) is 10.1 Å². The third kappa shape index (κ3) is 5.07. The molecule has 0 saturated heterocycles. The maximum Gasteiger partial charge on any atom is 0.306 e. The van der Waals surface area contributed by atoms with Crippen LogP contribution in [0.25, 0.3) is 0 Å². The van der Waals surface area contributed by atoms with E-state index in [1.165, 1.54) is 12.1 Å². The van der Waals surface area contributed by atoms with Crippen molar-refractivity contribution in [3.05, 3.63) is 39.9 Å². The molecule has 0 aliphatic heterocycles. The summed E-state index contributed by atoms with van der Waals surface area (Å²) in [5.41, 5.74) is 0.958. The zero-order valence-corrected chi connectivity index (χ0v) is 11.3. The topological polar surface area (TPSA) is 69.4 Å². The molecule has 0 fully saturated rings. The minimum atomic E-state index is -0.437. The van der Waals surface area contributed by atoms with Gasteiger partial charge in [0.2, 0.25) is 0 Å². The van der Waals surface area contributed by atoms with Gasteiger partial charge in [-0.1, -0.05) is 32.4 Å². The van der Waals surface area contributed by atoms with E-state index in [-0.39, 0.29) is 17.6 Å². The van der Waals surface area contributed by atoms with E-state index >= 15 is 0 Å². The van der Waals surface area contributed by atoms with Gasteiger partial charge in [-0.15, -0.1) is 0 Å². The Morgan fingerprint density at radius 1 is 1.37 bits per heavy atom. The molecular weight excluding hydrogens is 246 g/mol. The number of ether oxygens (including phenoxy) is 1. The third-order valence-electron chi connectivity index (χ3n) is 2.91. The molecule has 1 atom stereocenters. The van der Waals surface area contributed by atoms with Gasteiger partial charge in [-0.3, -0.25) is 14.9 Å². The Morgan fingerprint density at radius 2 is 2.00 bits per heavy atom.